The summed E-state index contributed by atoms with van der Waals surface area (Å²) in [7, 11) is 0. The van der Waals surface area contributed by atoms with E-state index in [1.807, 2.05) is 4.98 Å². The van der Waals surface area contributed by atoms with Crippen molar-refractivity contribution in [1.29, 1.82) is 5.53 Å². The molecule has 1 amide bonds. The van der Waals surface area contributed by atoms with Crippen LogP contribution in [0.1, 0.15) is 19.3 Å². The van der Waals surface area contributed by atoms with Crippen LogP contribution in [0.4, 0.5) is 4.39 Å². The summed E-state index contributed by atoms with van der Waals surface area (Å²) in [5, 5.41) is 2.71. The van der Waals surface area contributed by atoms with Crippen molar-refractivity contribution in [2.45, 2.75) is 25.8 Å². The fraction of sp³-hybridized carbons (Fsp3) is 0.444. The summed E-state index contributed by atoms with van der Waals surface area (Å²) in [6.45, 7) is 0.192. The van der Waals surface area contributed by atoms with Gasteiger partial charge < -0.3 is 0 Å². The third-order valence-corrected chi connectivity index (χ3v) is 2.13. The maximum Gasteiger partial charge on any atom is 0.328 e. The molecule has 92 valence electrons. The molecule has 0 unspecified atom stereocenters. The van der Waals surface area contributed by atoms with E-state index in [0.717, 1.165) is 10.8 Å². The molecule has 0 saturated heterocycles. The maximum atomic E-state index is 12.9. The Hall–Kier alpha value is -2.12. The van der Waals surface area contributed by atoms with Gasteiger partial charge in [0, 0.05) is 13.0 Å². The zero-order chi connectivity index (χ0) is 12.8. The number of aryl methyl sites for hydroxylation is 1. The average molecular weight is 242 g/mol. The molecule has 17 heavy (non-hydrogen) atoms. The summed E-state index contributed by atoms with van der Waals surface area (Å²) >= 11 is 0. The molecule has 0 atom stereocenters. The summed E-state index contributed by atoms with van der Waals surface area (Å²) in [4.78, 5) is 34.4. The first-order chi connectivity index (χ1) is 8.04. The molecular formula is C9H11FN4O3. The van der Waals surface area contributed by atoms with Gasteiger partial charge in [-0.1, -0.05) is 0 Å². The number of aromatic nitrogens is 2. The quantitative estimate of drug-likeness (QED) is 0.576. The zero-order valence-electron chi connectivity index (χ0n) is 8.90. The Morgan fingerprint density at radius 2 is 2.18 bits per heavy atom. The molecule has 1 aromatic rings. The molecule has 0 spiro atoms. The molecule has 0 fully saturated rings. The minimum Gasteiger partial charge on any atom is -0.298 e. The first-order valence-corrected chi connectivity index (χ1v) is 4.94. The van der Waals surface area contributed by atoms with Gasteiger partial charge in [0.25, 0.3) is 11.5 Å². The lowest BCUT2D eigenvalue weighted by atomic mass is 10.2. The number of nitrogens with one attached hydrogen (secondary N) is 2. The van der Waals surface area contributed by atoms with Crippen molar-refractivity contribution in [1.82, 2.24) is 9.55 Å². The van der Waals surface area contributed by atoms with Gasteiger partial charge in [-0.05, 0) is 12.8 Å². The molecule has 1 rings (SSSR count). The Balaban J connectivity index is 2.56. The number of carbonyl (C=O) groups is 1. The minimum atomic E-state index is -1.05. The summed E-state index contributed by atoms with van der Waals surface area (Å²) in [5.74, 6) is -1.56. The molecule has 8 heteroatoms. The summed E-state index contributed by atoms with van der Waals surface area (Å²) in [6.07, 6.45) is 1.84. The lowest BCUT2D eigenvalue weighted by Gasteiger charge is -2.03. The van der Waals surface area contributed by atoms with Crippen LogP contribution in [0.5, 0.6) is 0 Å². The number of hydrogen-bond acceptors (Lipinski definition) is 4. The lowest BCUT2D eigenvalue weighted by molar-refractivity contribution is -0.118. The maximum absolute atomic E-state index is 12.9. The van der Waals surface area contributed by atoms with Crippen LogP contribution in [0.2, 0.25) is 0 Å². The molecule has 0 saturated carbocycles. The highest BCUT2D eigenvalue weighted by Gasteiger charge is 2.04. The second-order valence-electron chi connectivity index (χ2n) is 3.39. The van der Waals surface area contributed by atoms with Crippen molar-refractivity contribution in [2.75, 3.05) is 0 Å². The van der Waals surface area contributed by atoms with Crippen molar-refractivity contribution >= 4 is 5.91 Å². The number of unbranched alkanes of at least 4 members (excludes halogenated alkanes) is 1. The largest absolute Gasteiger partial charge is 0.328 e. The SMILES string of the molecule is N=NC(=O)CCCCn1cc(F)c(=O)[nH]c1=O. The molecular weight excluding hydrogens is 231 g/mol. The van der Waals surface area contributed by atoms with Crippen molar-refractivity contribution in [3.63, 3.8) is 0 Å². The molecule has 1 heterocycles. The minimum absolute atomic E-state index is 0.115. The van der Waals surface area contributed by atoms with E-state index in [0.29, 0.717) is 12.8 Å². The van der Waals surface area contributed by atoms with Crippen molar-refractivity contribution < 1.29 is 9.18 Å². The Morgan fingerprint density at radius 3 is 2.82 bits per heavy atom. The molecule has 1 aromatic heterocycles. The number of amides is 1. The van der Waals surface area contributed by atoms with Crippen LogP contribution in [-0.2, 0) is 11.3 Å². The van der Waals surface area contributed by atoms with Crippen LogP contribution >= 0.6 is 0 Å². The Bertz CT molecular complexity index is 534. The summed E-state index contributed by atoms with van der Waals surface area (Å²) in [6, 6.07) is 0. The highest BCUT2D eigenvalue weighted by molar-refractivity contribution is 5.75. The second-order valence-corrected chi connectivity index (χ2v) is 3.39. The average Bonchev–Trinajstić information content (AvgIpc) is 2.30. The molecule has 0 aromatic carbocycles. The van der Waals surface area contributed by atoms with E-state index in [1.54, 1.807) is 0 Å². The summed E-state index contributed by atoms with van der Waals surface area (Å²) < 4.78 is 13.9. The number of carbonyl (C=O) groups excluding carboxylic acids is 1. The van der Waals surface area contributed by atoms with Gasteiger partial charge in [0.1, 0.15) is 0 Å². The van der Waals surface area contributed by atoms with E-state index >= 15 is 0 Å². The van der Waals surface area contributed by atoms with Crippen molar-refractivity contribution in [2.24, 2.45) is 5.11 Å². The van der Waals surface area contributed by atoms with E-state index in [9.17, 15) is 18.8 Å². The van der Waals surface area contributed by atoms with Crippen LogP contribution in [0, 0.1) is 11.3 Å². The molecule has 0 radical (unpaired) electrons. The first-order valence-electron chi connectivity index (χ1n) is 4.94. The fourth-order valence-corrected chi connectivity index (χ4v) is 1.26. The van der Waals surface area contributed by atoms with Crippen LogP contribution in [0.25, 0.3) is 0 Å². The van der Waals surface area contributed by atoms with E-state index in [-0.39, 0.29) is 13.0 Å². The van der Waals surface area contributed by atoms with Gasteiger partial charge in [0.15, 0.2) is 0 Å². The van der Waals surface area contributed by atoms with E-state index in [2.05, 4.69) is 5.11 Å². The van der Waals surface area contributed by atoms with E-state index < -0.39 is 23.0 Å². The molecule has 0 bridgehead atoms. The molecule has 0 aliphatic carbocycles. The second kappa shape index (κ2) is 5.83. The standard InChI is InChI=1S/C9H11FN4O3/c10-6-5-14(9(17)12-8(6)16)4-2-1-3-7(15)13-11/h5,11H,1-4H2,(H,12,16,17). The highest BCUT2D eigenvalue weighted by Crippen LogP contribution is 1.99. The number of halogens is 1. The smallest absolute Gasteiger partial charge is 0.298 e. The Kier molecular flexibility index (Phi) is 4.44. The van der Waals surface area contributed by atoms with Gasteiger partial charge in [0.05, 0.1) is 6.20 Å². The predicted molar refractivity (Wildman–Crippen MR) is 55.3 cm³/mol. The molecule has 2 N–H and O–H groups in total. The zero-order valence-corrected chi connectivity index (χ0v) is 8.90. The van der Waals surface area contributed by atoms with Crippen molar-refractivity contribution in [3.8, 4) is 0 Å². The number of nitrogens with zero attached hydrogens (tertiary/aromatic N) is 2. The normalized spacial score (nSPS) is 10.2. The molecule has 0 aliphatic rings. The third-order valence-electron chi connectivity index (χ3n) is 2.13. The number of rotatable bonds is 5. The van der Waals surface area contributed by atoms with Gasteiger partial charge >= 0.3 is 5.69 Å². The van der Waals surface area contributed by atoms with Crippen molar-refractivity contribution in [3.05, 3.63) is 32.9 Å². The number of H-pyrrole nitrogens is 1. The van der Waals surface area contributed by atoms with Gasteiger partial charge in [-0.25, -0.2) is 10.3 Å². The Morgan fingerprint density at radius 1 is 1.47 bits per heavy atom. The molecule has 7 nitrogen and oxygen atoms in total. The van der Waals surface area contributed by atoms with Crippen LogP contribution in [0.15, 0.2) is 20.9 Å². The van der Waals surface area contributed by atoms with E-state index in [4.69, 9.17) is 5.53 Å². The van der Waals surface area contributed by atoms with Crippen LogP contribution < -0.4 is 11.2 Å². The monoisotopic (exact) mass is 242 g/mol. The van der Waals surface area contributed by atoms with Gasteiger partial charge in [0.2, 0.25) is 5.82 Å². The lowest BCUT2D eigenvalue weighted by Crippen LogP contribution is -2.31. The molecule has 0 aliphatic heterocycles. The third kappa shape index (κ3) is 3.74. The number of hydrogen-bond donors (Lipinski definition) is 2. The van der Waals surface area contributed by atoms with Gasteiger partial charge in [-0.3, -0.25) is 19.1 Å². The topological polar surface area (TPSA) is 108 Å². The Labute approximate surface area is 94.8 Å². The summed E-state index contributed by atoms with van der Waals surface area (Å²) in [5.41, 5.74) is 4.69. The number of aromatic amines is 1. The highest BCUT2D eigenvalue weighted by atomic mass is 19.1. The predicted octanol–water partition coefficient (Wildman–Crippen LogP) is 0.404. The fourth-order valence-electron chi connectivity index (χ4n) is 1.26. The van der Waals surface area contributed by atoms with Gasteiger partial charge in [-0.15, -0.1) is 5.11 Å². The van der Waals surface area contributed by atoms with E-state index in [1.165, 1.54) is 0 Å². The first kappa shape index (κ1) is 12.9. The van der Waals surface area contributed by atoms with Crippen LogP contribution in [-0.4, -0.2) is 15.5 Å². The van der Waals surface area contributed by atoms with Crippen LogP contribution in [0.3, 0.4) is 0 Å². The van der Waals surface area contributed by atoms with Gasteiger partial charge in [-0.2, -0.15) is 4.39 Å².